The SMILES string of the molecule is Fc1c(-c2cc(NCCCC3CCCNC3)c3ccccc3n2)ccc(Cl)c1Br. The average Bonchev–Trinajstić information content (AvgIpc) is 2.75. The van der Waals surface area contributed by atoms with Crippen molar-refractivity contribution >= 4 is 44.1 Å². The predicted molar refractivity (Wildman–Crippen MR) is 123 cm³/mol. The Kier molecular flexibility index (Phi) is 6.68. The molecule has 0 spiro atoms. The summed E-state index contributed by atoms with van der Waals surface area (Å²) in [4.78, 5) is 4.69. The molecule has 1 unspecified atom stereocenters. The van der Waals surface area contributed by atoms with Crippen molar-refractivity contribution in [2.75, 3.05) is 25.0 Å². The molecule has 1 fully saturated rings. The topological polar surface area (TPSA) is 37.0 Å². The minimum atomic E-state index is -0.393. The van der Waals surface area contributed by atoms with E-state index in [1.165, 1.54) is 19.3 Å². The Morgan fingerprint density at radius 2 is 2.10 bits per heavy atom. The van der Waals surface area contributed by atoms with E-state index in [2.05, 4.69) is 31.5 Å². The minimum absolute atomic E-state index is 0.266. The van der Waals surface area contributed by atoms with Crippen LogP contribution in [-0.2, 0) is 0 Å². The number of fused-ring (bicyclic) bond motifs is 1. The zero-order valence-corrected chi connectivity index (χ0v) is 18.5. The van der Waals surface area contributed by atoms with Crippen molar-refractivity contribution in [1.82, 2.24) is 10.3 Å². The largest absolute Gasteiger partial charge is 0.384 e. The van der Waals surface area contributed by atoms with Crippen LogP contribution < -0.4 is 10.6 Å². The molecule has 1 aromatic heterocycles. The Labute approximate surface area is 184 Å². The van der Waals surface area contributed by atoms with Gasteiger partial charge in [-0.1, -0.05) is 29.8 Å². The summed E-state index contributed by atoms with van der Waals surface area (Å²) in [6.07, 6.45) is 4.92. The molecule has 1 aliphatic rings. The Hall–Kier alpha value is -1.69. The van der Waals surface area contributed by atoms with Gasteiger partial charge in [-0.2, -0.15) is 0 Å². The van der Waals surface area contributed by atoms with Crippen LogP contribution in [-0.4, -0.2) is 24.6 Å². The maximum absolute atomic E-state index is 14.8. The molecule has 0 aliphatic carbocycles. The third-order valence-corrected chi connectivity index (χ3v) is 6.85. The normalized spacial score (nSPS) is 16.9. The number of nitrogens with zero attached hydrogens (tertiary/aromatic N) is 1. The lowest BCUT2D eigenvalue weighted by Crippen LogP contribution is -2.29. The number of halogens is 3. The predicted octanol–water partition coefficient (Wildman–Crippen LogP) is 6.65. The van der Waals surface area contributed by atoms with Gasteiger partial charge >= 0.3 is 0 Å². The van der Waals surface area contributed by atoms with E-state index in [-0.39, 0.29) is 4.47 Å². The van der Waals surface area contributed by atoms with Crippen molar-refractivity contribution in [3.63, 3.8) is 0 Å². The molecule has 4 rings (SSSR count). The van der Waals surface area contributed by atoms with Gasteiger partial charge in [0, 0.05) is 23.2 Å². The number of benzene rings is 2. The second-order valence-corrected chi connectivity index (χ2v) is 8.78. The molecule has 0 saturated carbocycles. The van der Waals surface area contributed by atoms with E-state index < -0.39 is 5.82 Å². The van der Waals surface area contributed by atoms with Crippen molar-refractivity contribution in [2.45, 2.75) is 25.7 Å². The Morgan fingerprint density at radius 3 is 2.93 bits per heavy atom. The molecule has 0 radical (unpaired) electrons. The average molecular weight is 477 g/mol. The highest BCUT2D eigenvalue weighted by molar-refractivity contribution is 9.10. The first-order chi connectivity index (χ1) is 14.1. The summed E-state index contributed by atoms with van der Waals surface area (Å²) in [7, 11) is 0. The minimum Gasteiger partial charge on any atom is -0.384 e. The molecule has 2 N–H and O–H groups in total. The van der Waals surface area contributed by atoms with E-state index in [4.69, 9.17) is 11.6 Å². The highest BCUT2D eigenvalue weighted by Gasteiger charge is 2.16. The molecule has 2 heterocycles. The van der Waals surface area contributed by atoms with Crippen molar-refractivity contribution < 1.29 is 4.39 Å². The van der Waals surface area contributed by atoms with E-state index in [0.29, 0.717) is 16.3 Å². The van der Waals surface area contributed by atoms with Gasteiger partial charge in [-0.05, 0) is 84.9 Å². The van der Waals surface area contributed by atoms with E-state index >= 15 is 0 Å². The lowest BCUT2D eigenvalue weighted by Gasteiger charge is -2.22. The van der Waals surface area contributed by atoms with Crippen molar-refractivity contribution in [3.05, 3.63) is 57.8 Å². The van der Waals surface area contributed by atoms with Gasteiger partial charge in [-0.25, -0.2) is 9.37 Å². The second kappa shape index (κ2) is 9.41. The molecule has 6 heteroatoms. The number of pyridine rings is 1. The van der Waals surface area contributed by atoms with Crippen LogP contribution >= 0.6 is 27.5 Å². The number of rotatable bonds is 6. The van der Waals surface area contributed by atoms with Gasteiger partial charge in [0.05, 0.1) is 20.7 Å². The number of para-hydroxylation sites is 1. The summed E-state index contributed by atoms with van der Waals surface area (Å²) in [5.41, 5.74) is 2.85. The molecule has 1 atom stereocenters. The molecule has 1 saturated heterocycles. The fourth-order valence-corrected chi connectivity index (χ4v) is 4.46. The maximum Gasteiger partial charge on any atom is 0.148 e. The van der Waals surface area contributed by atoms with Crippen LogP contribution in [0.5, 0.6) is 0 Å². The molecule has 0 bridgehead atoms. The molecule has 29 heavy (non-hydrogen) atoms. The lowest BCUT2D eigenvalue weighted by atomic mass is 9.95. The van der Waals surface area contributed by atoms with Crippen LogP contribution in [0, 0.1) is 11.7 Å². The molecule has 152 valence electrons. The third kappa shape index (κ3) is 4.73. The number of hydrogen-bond acceptors (Lipinski definition) is 3. The first-order valence-electron chi connectivity index (χ1n) is 10.1. The summed E-state index contributed by atoms with van der Waals surface area (Å²) < 4.78 is 15.1. The number of aromatic nitrogens is 1. The summed E-state index contributed by atoms with van der Waals surface area (Å²) in [5.74, 6) is 0.381. The van der Waals surface area contributed by atoms with Crippen LogP contribution in [0.4, 0.5) is 10.1 Å². The van der Waals surface area contributed by atoms with E-state index in [1.54, 1.807) is 12.1 Å². The number of piperidine rings is 1. The van der Waals surface area contributed by atoms with Gasteiger partial charge in [0.2, 0.25) is 0 Å². The van der Waals surface area contributed by atoms with Gasteiger partial charge in [-0.3, -0.25) is 0 Å². The lowest BCUT2D eigenvalue weighted by molar-refractivity contribution is 0.353. The first-order valence-corrected chi connectivity index (χ1v) is 11.3. The summed E-state index contributed by atoms with van der Waals surface area (Å²) in [5, 5.41) is 8.44. The van der Waals surface area contributed by atoms with Crippen LogP contribution in [0.3, 0.4) is 0 Å². The van der Waals surface area contributed by atoms with Gasteiger partial charge in [0.25, 0.3) is 0 Å². The smallest absolute Gasteiger partial charge is 0.148 e. The van der Waals surface area contributed by atoms with Gasteiger partial charge < -0.3 is 10.6 Å². The molecule has 3 nitrogen and oxygen atoms in total. The van der Waals surface area contributed by atoms with E-state index in [9.17, 15) is 4.39 Å². The number of hydrogen-bond donors (Lipinski definition) is 2. The fourth-order valence-electron chi connectivity index (χ4n) is 3.97. The molecule has 0 amide bonds. The van der Waals surface area contributed by atoms with Crippen LogP contribution in [0.1, 0.15) is 25.7 Å². The maximum atomic E-state index is 14.8. The standard InChI is InChI=1S/C23H24BrClFN3/c24-22-18(25)10-9-17(23(22)26)21-13-20(16-7-1-2-8-19(16)29-21)28-12-4-6-15-5-3-11-27-14-15/h1-2,7-10,13,15,27H,3-6,11-12,14H2,(H,28,29). The van der Waals surface area contributed by atoms with Gasteiger partial charge in [0.1, 0.15) is 5.82 Å². The molecular formula is C23H24BrClFN3. The fraction of sp³-hybridized carbons (Fsp3) is 0.348. The quantitative estimate of drug-likeness (QED) is 0.309. The Morgan fingerprint density at radius 1 is 1.24 bits per heavy atom. The number of nitrogens with one attached hydrogen (secondary N) is 2. The van der Waals surface area contributed by atoms with Crippen LogP contribution in [0.25, 0.3) is 22.2 Å². The van der Waals surface area contributed by atoms with Crippen molar-refractivity contribution in [2.24, 2.45) is 5.92 Å². The van der Waals surface area contributed by atoms with Crippen molar-refractivity contribution in [1.29, 1.82) is 0 Å². The Bertz CT molecular complexity index is 1000. The van der Waals surface area contributed by atoms with Crippen molar-refractivity contribution in [3.8, 4) is 11.3 Å². The highest BCUT2D eigenvalue weighted by atomic mass is 79.9. The monoisotopic (exact) mass is 475 g/mol. The third-order valence-electron chi connectivity index (χ3n) is 5.53. The summed E-state index contributed by atoms with van der Waals surface area (Å²) >= 11 is 9.25. The second-order valence-electron chi connectivity index (χ2n) is 7.58. The number of anilines is 1. The zero-order chi connectivity index (χ0) is 20.2. The summed E-state index contributed by atoms with van der Waals surface area (Å²) in [6, 6.07) is 13.3. The highest BCUT2D eigenvalue weighted by Crippen LogP contribution is 2.35. The Balaban J connectivity index is 1.57. The zero-order valence-electron chi connectivity index (χ0n) is 16.1. The van der Waals surface area contributed by atoms with Gasteiger partial charge in [-0.15, -0.1) is 0 Å². The molecule has 2 aromatic carbocycles. The van der Waals surface area contributed by atoms with Crippen LogP contribution in [0.2, 0.25) is 5.02 Å². The molecule has 3 aromatic rings. The van der Waals surface area contributed by atoms with E-state index in [1.807, 2.05) is 30.3 Å². The van der Waals surface area contributed by atoms with Crippen LogP contribution in [0.15, 0.2) is 46.9 Å². The molecule has 1 aliphatic heterocycles. The van der Waals surface area contributed by atoms with E-state index in [0.717, 1.165) is 48.6 Å². The first kappa shape index (κ1) is 20.6. The summed E-state index contributed by atoms with van der Waals surface area (Å²) in [6.45, 7) is 3.17. The van der Waals surface area contributed by atoms with Gasteiger partial charge in [0.15, 0.2) is 0 Å². The molecular weight excluding hydrogens is 453 g/mol.